The summed E-state index contributed by atoms with van der Waals surface area (Å²) < 4.78 is 10.8. The third-order valence-corrected chi connectivity index (χ3v) is 4.69. The zero-order valence-electron chi connectivity index (χ0n) is 10.9. The third kappa shape index (κ3) is 2.63. The summed E-state index contributed by atoms with van der Waals surface area (Å²) in [4.78, 5) is 13.8. The van der Waals surface area contributed by atoms with Gasteiger partial charge in [0.05, 0.1) is 6.61 Å². The molecule has 0 N–H and O–H groups in total. The maximum atomic E-state index is 12.2. The van der Waals surface area contributed by atoms with Gasteiger partial charge in [-0.15, -0.1) is 10.2 Å². The highest BCUT2D eigenvalue weighted by Crippen LogP contribution is 2.31. The molecule has 2 saturated heterocycles. The Labute approximate surface area is 115 Å². The van der Waals surface area contributed by atoms with Crippen LogP contribution in [0, 0.1) is 0 Å². The van der Waals surface area contributed by atoms with Gasteiger partial charge in [0.1, 0.15) is 11.1 Å². The SMILES string of the molecule is CN(C(=O)C1CCCO1)c1nnc(C2CCOC2)s1. The summed E-state index contributed by atoms with van der Waals surface area (Å²) in [7, 11) is 1.74. The number of carbonyl (C=O) groups is 1. The van der Waals surface area contributed by atoms with Gasteiger partial charge in [0, 0.05) is 26.2 Å². The lowest BCUT2D eigenvalue weighted by atomic mass is 10.1. The molecule has 0 spiro atoms. The van der Waals surface area contributed by atoms with Crippen molar-refractivity contribution in [2.45, 2.75) is 31.3 Å². The van der Waals surface area contributed by atoms with Crippen LogP contribution in [0.15, 0.2) is 0 Å². The van der Waals surface area contributed by atoms with E-state index in [4.69, 9.17) is 9.47 Å². The van der Waals surface area contributed by atoms with Gasteiger partial charge in [0.2, 0.25) is 5.13 Å². The summed E-state index contributed by atoms with van der Waals surface area (Å²) in [6, 6.07) is 0. The first-order valence-corrected chi connectivity index (χ1v) is 7.37. The van der Waals surface area contributed by atoms with Gasteiger partial charge < -0.3 is 9.47 Å². The molecular weight excluding hydrogens is 266 g/mol. The number of hydrogen-bond acceptors (Lipinski definition) is 6. The minimum atomic E-state index is -0.313. The second kappa shape index (κ2) is 5.52. The van der Waals surface area contributed by atoms with E-state index in [1.165, 1.54) is 11.3 Å². The number of likely N-dealkylation sites (N-methyl/N-ethyl adjacent to an activating group) is 1. The van der Waals surface area contributed by atoms with Crippen LogP contribution in [-0.2, 0) is 14.3 Å². The second-order valence-electron chi connectivity index (χ2n) is 4.88. The number of carbonyl (C=O) groups excluding carboxylic acids is 1. The van der Waals surface area contributed by atoms with Crippen molar-refractivity contribution >= 4 is 22.4 Å². The topological polar surface area (TPSA) is 64.6 Å². The number of rotatable bonds is 3. The molecule has 2 fully saturated rings. The number of aromatic nitrogens is 2. The van der Waals surface area contributed by atoms with Crippen molar-refractivity contribution in [1.82, 2.24) is 10.2 Å². The number of hydrogen-bond donors (Lipinski definition) is 0. The summed E-state index contributed by atoms with van der Waals surface area (Å²) in [6.45, 7) is 2.16. The van der Waals surface area contributed by atoms with Crippen molar-refractivity contribution in [3.8, 4) is 0 Å². The Morgan fingerprint density at radius 3 is 2.95 bits per heavy atom. The van der Waals surface area contributed by atoms with Gasteiger partial charge in [-0.2, -0.15) is 0 Å². The Kier molecular flexibility index (Phi) is 3.76. The van der Waals surface area contributed by atoms with Crippen molar-refractivity contribution in [1.29, 1.82) is 0 Å². The van der Waals surface area contributed by atoms with E-state index in [-0.39, 0.29) is 12.0 Å². The highest BCUT2D eigenvalue weighted by atomic mass is 32.1. The largest absolute Gasteiger partial charge is 0.381 e. The van der Waals surface area contributed by atoms with E-state index in [0.29, 0.717) is 24.3 Å². The maximum absolute atomic E-state index is 12.2. The Hall–Kier alpha value is -1.05. The average Bonchev–Trinajstić information content (AvgIpc) is 3.16. The molecule has 7 heteroatoms. The van der Waals surface area contributed by atoms with Crippen LogP contribution in [0.5, 0.6) is 0 Å². The fourth-order valence-corrected chi connectivity index (χ4v) is 3.27. The van der Waals surface area contributed by atoms with Gasteiger partial charge in [-0.1, -0.05) is 11.3 Å². The van der Waals surface area contributed by atoms with Crippen molar-refractivity contribution in [2.75, 3.05) is 31.8 Å². The Balaban J connectivity index is 1.69. The molecule has 2 aliphatic rings. The van der Waals surface area contributed by atoms with Crippen LogP contribution in [0.25, 0.3) is 0 Å². The van der Waals surface area contributed by atoms with E-state index >= 15 is 0 Å². The molecule has 0 aromatic carbocycles. The Morgan fingerprint density at radius 2 is 2.26 bits per heavy atom. The molecule has 3 heterocycles. The van der Waals surface area contributed by atoms with Crippen LogP contribution in [0.2, 0.25) is 0 Å². The smallest absolute Gasteiger partial charge is 0.257 e. The summed E-state index contributed by atoms with van der Waals surface area (Å²) in [5, 5.41) is 9.90. The predicted molar refractivity (Wildman–Crippen MR) is 70.5 cm³/mol. The monoisotopic (exact) mass is 283 g/mol. The van der Waals surface area contributed by atoms with Crippen LogP contribution in [0.3, 0.4) is 0 Å². The van der Waals surface area contributed by atoms with Crippen LogP contribution >= 0.6 is 11.3 Å². The van der Waals surface area contributed by atoms with Gasteiger partial charge in [-0.05, 0) is 19.3 Å². The van der Waals surface area contributed by atoms with E-state index in [1.807, 2.05) is 0 Å². The summed E-state index contributed by atoms with van der Waals surface area (Å²) in [6.07, 6.45) is 2.42. The van der Waals surface area contributed by atoms with Crippen molar-refractivity contribution in [3.05, 3.63) is 5.01 Å². The van der Waals surface area contributed by atoms with Gasteiger partial charge in [-0.3, -0.25) is 9.69 Å². The molecule has 1 aromatic rings. The molecule has 2 atom stereocenters. The van der Waals surface area contributed by atoms with Crippen molar-refractivity contribution in [3.63, 3.8) is 0 Å². The number of nitrogens with zero attached hydrogens (tertiary/aromatic N) is 3. The molecule has 19 heavy (non-hydrogen) atoms. The van der Waals surface area contributed by atoms with E-state index in [2.05, 4.69) is 10.2 Å². The summed E-state index contributed by atoms with van der Waals surface area (Å²) in [5.41, 5.74) is 0. The fraction of sp³-hybridized carbons (Fsp3) is 0.750. The minimum absolute atomic E-state index is 0.0251. The molecule has 1 aromatic heterocycles. The Morgan fingerprint density at radius 1 is 1.37 bits per heavy atom. The molecule has 2 aliphatic heterocycles. The molecule has 2 unspecified atom stereocenters. The fourth-order valence-electron chi connectivity index (χ4n) is 2.34. The highest BCUT2D eigenvalue weighted by molar-refractivity contribution is 7.15. The molecule has 6 nitrogen and oxygen atoms in total. The van der Waals surface area contributed by atoms with E-state index in [1.54, 1.807) is 11.9 Å². The number of amides is 1. The zero-order chi connectivity index (χ0) is 13.2. The molecule has 3 rings (SSSR count). The molecular formula is C12H17N3O3S. The number of anilines is 1. The molecule has 0 radical (unpaired) electrons. The first-order valence-electron chi connectivity index (χ1n) is 6.56. The van der Waals surface area contributed by atoms with Crippen LogP contribution in [0.1, 0.15) is 30.2 Å². The zero-order valence-corrected chi connectivity index (χ0v) is 11.7. The molecule has 104 valence electrons. The van der Waals surface area contributed by atoms with Crippen LogP contribution in [-0.4, -0.2) is 49.1 Å². The maximum Gasteiger partial charge on any atom is 0.257 e. The highest BCUT2D eigenvalue weighted by Gasteiger charge is 2.29. The lowest BCUT2D eigenvalue weighted by Crippen LogP contribution is -2.35. The van der Waals surface area contributed by atoms with Crippen molar-refractivity contribution in [2.24, 2.45) is 0 Å². The second-order valence-corrected chi connectivity index (χ2v) is 5.87. The molecule has 0 saturated carbocycles. The average molecular weight is 283 g/mol. The third-order valence-electron chi connectivity index (χ3n) is 3.53. The van der Waals surface area contributed by atoms with E-state index < -0.39 is 0 Å². The van der Waals surface area contributed by atoms with Gasteiger partial charge >= 0.3 is 0 Å². The quantitative estimate of drug-likeness (QED) is 0.833. The molecule has 0 bridgehead atoms. The van der Waals surface area contributed by atoms with E-state index in [0.717, 1.165) is 30.9 Å². The first kappa shape index (κ1) is 13.0. The van der Waals surface area contributed by atoms with Crippen LogP contribution in [0.4, 0.5) is 5.13 Å². The summed E-state index contributed by atoms with van der Waals surface area (Å²) >= 11 is 1.47. The first-order chi connectivity index (χ1) is 9.25. The molecule has 1 amide bonds. The van der Waals surface area contributed by atoms with Gasteiger partial charge in [0.25, 0.3) is 5.91 Å². The summed E-state index contributed by atoms with van der Waals surface area (Å²) in [5.74, 6) is 0.306. The standard InChI is InChI=1S/C12H17N3O3S/c1-15(11(16)9-3-2-5-18-9)12-14-13-10(19-12)8-4-6-17-7-8/h8-9H,2-7H2,1H3. The lowest BCUT2D eigenvalue weighted by Gasteiger charge is -2.17. The van der Waals surface area contributed by atoms with Crippen molar-refractivity contribution < 1.29 is 14.3 Å². The number of ether oxygens (including phenoxy) is 2. The van der Waals surface area contributed by atoms with Gasteiger partial charge in [-0.25, -0.2) is 0 Å². The minimum Gasteiger partial charge on any atom is -0.381 e. The lowest BCUT2D eigenvalue weighted by molar-refractivity contribution is -0.127. The predicted octanol–water partition coefficient (Wildman–Crippen LogP) is 1.18. The normalized spacial score (nSPS) is 26.8. The molecule has 0 aliphatic carbocycles. The van der Waals surface area contributed by atoms with Crippen LogP contribution < -0.4 is 4.90 Å². The van der Waals surface area contributed by atoms with E-state index in [9.17, 15) is 4.79 Å². The Bertz CT molecular complexity index is 453. The van der Waals surface area contributed by atoms with Gasteiger partial charge in [0.15, 0.2) is 0 Å².